The molecule has 1 heterocycles. The number of hydrogen-bond donors (Lipinski definition) is 1. The summed E-state index contributed by atoms with van der Waals surface area (Å²) in [6.07, 6.45) is 4.12. The van der Waals surface area contributed by atoms with Gasteiger partial charge in [0.15, 0.2) is 0 Å². The van der Waals surface area contributed by atoms with Crippen LogP contribution >= 0.6 is 0 Å². The first-order chi connectivity index (χ1) is 12.4. The van der Waals surface area contributed by atoms with Gasteiger partial charge in [0, 0.05) is 45.2 Å². The van der Waals surface area contributed by atoms with Crippen LogP contribution in [0, 0.1) is 0 Å². The third-order valence-electron chi connectivity index (χ3n) is 3.82. The SMILES string of the molecule is COCCNS(=O)(=O)c1cccc(C(=O)N(C)CCc2ccncc2)c1. The van der Waals surface area contributed by atoms with Crippen LogP contribution in [0.25, 0.3) is 0 Å². The summed E-state index contributed by atoms with van der Waals surface area (Å²) < 4.78 is 31.8. The third kappa shape index (κ3) is 5.62. The highest BCUT2D eigenvalue weighted by Gasteiger charge is 2.17. The predicted molar refractivity (Wildman–Crippen MR) is 98.4 cm³/mol. The molecule has 0 saturated heterocycles. The lowest BCUT2D eigenvalue weighted by Crippen LogP contribution is -2.30. The summed E-state index contributed by atoms with van der Waals surface area (Å²) in [5.41, 5.74) is 1.41. The number of ether oxygens (including phenoxy) is 1. The van der Waals surface area contributed by atoms with Crippen molar-refractivity contribution in [1.29, 1.82) is 0 Å². The molecule has 0 saturated carbocycles. The van der Waals surface area contributed by atoms with Crippen LogP contribution in [0.5, 0.6) is 0 Å². The molecular formula is C18H23N3O4S. The zero-order chi connectivity index (χ0) is 19.0. The summed E-state index contributed by atoms with van der Waals surface area (Å²) >= 11 is 0. The summed E-state index contributed by atoms with van der Waals surface area (Å²) in [5.74, 6) is -0.229. The fraction of sp³-hybridized carbons (Fsp3) is 0.333. The highest BCUT2D eigenvalue weighted by atomic mass is 32.2. The number of amides is 1. The summed E-state index contributed by atoms with van der Waals surface area (Å²) in [6.45, 7) is 0.963. The van der Waals surface area contributed by atoms with Crippen molar-refractivity contribution >= 4 is 15.9 Å². The van der Waals surface area contributed by atoms with Crippen molar-refractivity contribution in [2.75, 3.05) is 33.9 Å². The smallest absolute Gasteiger partial charge is 0.253 e. The Kier molecular flexibility index (Phi) is 7.26. The number of nitrogens with zero attached hydrogens (tertiary/aromatic N) is 2. The number of methoxy groups -OCH3 is 1. The minimum absolute atomic E-state index is 0.0574. The maximum Gasteiger partial charge on any atom is 0.253 e. The van der Waals surface area contributed by atoms with Crippen LogP contribution in [0.4, 0.5) is 0 Å². The number of sulfonamides is 1. The Balaban J connectivity index is 2.04. The first kappa shape index (κ1) is 20.0. The van der Waals surface area contributed by atoms with E-state index in [-0.39, 0.29) is 24.0 Å². The molecule has 8 heteroatoms. The molecule has 1 aromatic heterocycles. The number of carbonyl (C=O) groups is 1. The van der Waals surface area contributed by atoms with E-state index in [1.54, 1.807) is 36.5 Å². The molecule has 0 atom stereocenters. The molecule has 1 N–H and O–H groups in total. The molecular weight excluding hydrogens is 354 g/mol. The van der Waals surface area contributed by atoms with Crippen molar-refractivity contribution in [3.63, 3.8) is 0 Å². The van der Waals surface area contributed by atoms with Crippen molar-refractivity contribution in [3.05, 3.63) is 59.9 Å². The summed E-state index contributed by atoms with van der Waals surface area (Å²) in [5, 5.41) is 0. The van der Waals surface area contributed by atoms with Crippen molar-refractivity contribution in [3.8, 4) is 0 Å². The van der Waals surface area contributed by atoms with Gasteiger partial charge in [0.05, 0.1) is 11.5 Å². The van der Waals surface area contributed by atoms with E-state index in [0.29, 0.717) is 18.5 Å². The predicted octanol–water partition coefficient (Wildman–Crippen LogP) is 1.32. The molecule has 0 unspecified atom stereocenters. The monoisotopic (exact) mass is 377 g/mol. The molecule has 0 radical (unpaired) electrons. The molecule has 0 aliphatic rings. The number of hydrogen-bond acceptors (Lipinski definition) is 5. The van der Waals surface area contributed by atoms with Gasteiger partial charge in [-0.3, -0.25) is 9.78 Å². The Morgan fingerprint density at radius 2 is 1.96 bits per heavy atom. The summed E-state index contributed by atoms with van der Waals surface area (Å²) in [7, 11) is -0.486. The van der Waals surface area contributed by atoms with Gasteiger partial charge in [-0.15, -0.1) is 0 Å². The second kappa shape index (κ2) is 9.42. The van der Waals surface area contributed by atoms with Crippen molar-refractivity contribution in [2.45, 2.75) is 11.3 Å². The number of carbonyl (C=O) groups excluding carboxylic acids is 1. The Bertz CT molecular complexity index is 825. The highest BCUT2D eigenvalue weighted by molar-refractivity contribution is 7.89. The van der Waals surface area contributed by atoms with Crippen molar-refractivity contribution < 1.29 is 17.9 Å². The molecule has 1 amide bonds. The molecule has 26 heavy (non-hydrogen) atoms. The van der Waals surface area contributed by atoms with E-state index < -0.39 is 10.0 Å². The molecule has 140 valence electrons. The lowest BCUT2D eigenvalue weighted by atomic mass is 10.1. The zero-order valence-corrected chi connectivity index (χ0v) is 15.7. The van der Waals surface area contributed by atoms with E-state index in [2.05, 4.69) is 9.71 Å². The first-order valence-electron chi connectivity index (χ1n) is 8.17. The first-order valence-corrected chi connectivity index (χ1v) is 9.65. The average Bonchev–Trinajstić information content (AvgIpc) is 2.66. The van der Waals surface area contributed by atoms with Crippen LogP contribution in [0.15, 0.2) is 53.7 Å². The minimum Gasteiger partial charge on any atom is -0.383 e. The lowest BCUT2D eigenvalue weighted by molar-refractivity contribution is 0.0796. The lowest BCUT2D eigenvalue weighted by Gasteiger charge is -2.17. The molecule has 0 fully saturated rings. The van der Waals surface area contributed by atoms with Crippen molar-refractivity contribution in [2.24, 2.45) is 0 Å². The van der Waals surface area contributed by atoms with Gasteiger partial charge in [0.2, 0.25) is 10.0 Å². The largest absolute Gasteiger partial charge is 0.383 e. The average molecular weight is 377 g/mol. The molecule has 0 spiro atoms. The van der Waals surface area contributed by atoms with E-state index in [9.17, 15) is 13.2 Å². The number of pyridine rings is 1. The fourth-order valence-corrected chi connectivity index (χ4v) is 3.38. The summed E-state index contributed by atoms with van der Waals surface area (Å²) in [6, 6.07) is 9.83. The standard InChI is InChI=1S/C18H23N3O4S/c1-21(12-8-15-6-9-19-10-7-15)18(22)16-4-3-5-17(14-16)26(23,24)20-11-13-25-2/h3-7,9-10,14,20H,8,11-13H2,1-2H3. The van der Waals surface area contributed by atoms with Crippen LogP contribution in [0.3, 0.4) is 0 Å². The molecule has 2 rings (SSSR count). The van der Waals surface area contributed by atoms with Crippen molar-refractivity contribution in [1.82, 2.24) is 14.6 Å². The molecule has 0 aliphatic heterocycles. The zero-order valence-electron chi connectivity index (χ0n) is 14.9. The topological polar surface area (TPSA) is 88.6 Å². The fourth-order valence-electron chi connectivity index (χ4n) is 2.33. The third-order valence-corrected chi connectivity index (χ3v) is 5.28. The molecule has 0 aliphatic carbocycles. The van der Waals surface area contributed by atoms with E-state index in [0.717, 1.165) is 5.56 Å². The van der Waals surface area contributed by atoms with Gasteiger partial charge in [0.1, 0.15) is 0 Å². The number of likely N-dealkylation sites (N-methyl/N-ethyl adjacent to an activating group) is 1. The second-order valence-electron chi connectivity index (χ2n) is 5.75. The Hall–Kier alpha value is -2.29. The number of rotatable bonds is 9. The number of benzene rings is 1. The van der Waals surface area contributed by atoms with Crippen LogP contribution in [-0.4, -0.2) is 58.1 Å². The maximum atomic E-state index is 12.6. The van der Waals surface area contributed by atoms with E-state index >= 15 is 0 Å². The second-order valence-corrected chi connectivity index (χ2v) is 7.52. The molecule has 0 bridgehead atoms. The number of aromatic nitrogens is 1. The van der Waals surface area contributed by atoms with E-state index in [4.69, 9.17) is 4.74 Å². The van der Waals surface area contributed by atoms with Gasteiger partial charge in [-0.05, 0) is 42.3 Å². The molecule has 1 aromatic carbocycles. The van der Waals surface area contributed by atoms with Gasteiger partial charge >= 0.3 is 0 Å². The quantitative estimate of drug-likeness (QED) is 0.666. The molecule has 2 aromatic rings. The van der Waals surface area contributed by atoms with Gasteiger partial charge in [-0.1, -0.05) is 6.07 Å². The normalized spacial score (nSPS) is 11.3. The van der Waals surface area contributed by atoms with Gasteiger partial charge in [-0.25, -0.2) is 13.1 Å². The van der Waals surface area contributed by atoms with Crippen LogP contribution in [0.1, 0.15) is 15.9 Å². The highest BCUT2D eigenvalue weighted by Crippen LogP contribution is 2.13. The van der Waals surface area contributed by atoms with Gasteiger partial charge in [0.25, 0.3) is 5.91 Å². The Labute approximate surface area is 154 Å². The van der Waals surface area contributed by atoms with E-state index in [1.807, 2.05) is 12.1 Å². The Morgan fingerprint density at radius 1 is 1.23 bits per heavy atom. The van der Waals surface area contributed by atoms with Gasteiger partial charge < -0.3 is 9.64 Å². The van der Waals surface area contributed by atoms with E-state index in [1.165, 1.54) is 19.2 Å². The van der Waals surface area contributed by atoms with Gasteiger partial charge in [-0.2, -0.15) is 0 Å². The Morgan fingerprint density at radius 3 is 2.65 bits per heavy atom. The maximum absolute atomic E-state index is 12.6. The minimum atomic E-state index is -3.68. The van der Waals surface area contributed by atoms with Crippen LogP contribution in [0.2, 0.25) is 0 Å². The summed E-state index contributed by atoms with van der Waals surface area (Å²) in [4.78, 5) is 18.2. The molecule has 7 nitrogen and oxygen atoms in total. The van der Waals surface area contributed by atoms with Crippen LogP contribution < -0.4 is 4.72 Å². The van der Waals surface area contributed by atoms with Crippen LogP contribution in [-0.2, 0) is 21.2 Å². The number of nitrogens with one attached hydrogen (secondary N) is 1.